The number of nitrogens with one attached hydrogen (secondary N) is 2. The second-order valence-corrected chi connectivity index (χ2v) is 6.69. The SMILES string of the molecule is CN(C)[C@H](CNC(=O)C(=O)NCc1ccc(F)cc1)c1cc2ccccc2o1. The number of benzene rings is 2. The van der Waals surface area contributed by atoms with Crippen LogP contribution in [0.4, 0.5) is 4.39 Å². The van der Waals surface area contributed by atoms with Gasteiger partial charge in [-0.3, -0.25) is 14.5 Å². The first-order valence-corrected chi connectivity index (χ1v) is 8.89. The third-order valence-electron chi connectivity index (χ3n) is 4.42. The number of nitrogens with zero attached hydrogens (tertiary/aromatic N) is 1. The molecule has 0 unspecified atom stereocenters. The van der Waals surface area contributed by atoms with Crippen LogP contribution in [0.3, 0.4) is 0 Å². The van der Waals surface area contributed by atoms with Crippen LogP contribution in [0.15, 0.2) is 59.0 Å². The lowest BCUT2D eigenvalue weighted by Gasteiger charge is -2.22. The van der Waals surface area contributed by atoms with Crippen molar-refractivity contribution < 1.29 is 18.4 Å². The fourth-order valence-corrected chi connectivity index (χ4v) is 2.84. The first-order valence-electron chi connectivity index (χ1n) is 8.89. The van der Waals surface area contributed by atoms with Gasteiger partial charge in [-0.05, 0) is 43.9 Å². The van der Waals surface area contributed by atoms with Gasteiger partial charge < -0.3 is 15.1 Å². The maximum absolute atomic E-state index is 12.9. The summed E-state index contributed by atoms with van der Waals surface area (Å²) in [5, 5.41) is 6.14. The number of halogens is 1. The van der Waals surface area contributed by atoms with Crippen molar-refractivity contribution in [2.24, 2.45) is 0 Å². The van der Waals surface area contributed by atoms with Crippen LogP contribution in [0, 0.1) is 5.82 Å². The zero-order valence-electron chi connectivity index (χ0n) is 15.7. The van der Waals surface area contributed by atoms with E-state index in [4.69, 9.17) is 4.42 Å². The fourth-order valence-electron chi connectivity index (χ4n) is 2.84. The summed E-state index contributed by atoms with van der Waals surface area (Å²) in [6, 6.07) is 15.1. The number of hydrogen-bond donors (Lipinski definition) is 2. The summed E-state index contributed by atoms with van der Waals surface area (Å²) in [4.78, 5) is 26.0. The van der Waals surface area contributed by atoms with Crippen molar-refractivity contribution in [1.82, 2.24) is 15.5 Å². The summed E-state index contributed by atoms with van der Waals surface area (Å²) in [7, 11) is 3.75. The average Bonchev–Trinajstić information content (AvgIpc) is 3.10. The van der Waals surface area contributed by atoms with E-state index in [-0.39, 0.29) is 24.9 Å². The van der Waals surface area contributed by atoms with Crippen LogP contribution in [0.25, 0.3) is 11.0 Å². The topological polar surface area (TPSA) is 74.6 Å². The standard InChI is InChI=1S/C21H22FN3O3/c1-25(2)17(19-11-15-5-3-4-6-18(15)28-19)13-24-21(27)20(26)23-12-14-7-9-16(22)10-8-14/h3-11,17H,12-13H2,1-2H3,(H,23,26)(H,24,27)/t17-/m1/s1. The highest BCUT2D eigenvalue weighted by atomic mass is 19.1. The fraction of sp³-hybridized carbons (Fsp3) is 0.238. The monoisotopic (exact) mass is 383 g/mol. The highest BCUT2D eigenvalue weighted by molar-refractivity contribution is 6.35. The van der Waals surface area contributed by atoms with Crippen molar-refractivity contribution in [3.8, 4) is 0 Å². The van der Waals surface area contributed by atoms with E-state index in [2.05, 4.69) is 10.6 Å². The molecule has 0 saturated carbocycles. The number of amides is 2. The predicted molar refractivity (Wildman–Crippen MR) is 104 cm³/mol. The summed E-state index contributed by atoms with van der Waals surface area (Å²) in [5.41, 5.74) is 1.48. The van der Waals surface area contributed by atoms with E-state index < -0.39 is 11.8 Å². The van der Waals surface area contributed by atoms with Crippen LogP contribution in [-0.4, -0.2) is 37.4 Å². The molecule has 2 amide bonds. The molecular weight excluding hydrogens is 361 g/mol. The maximum Gasteiger partial charge on any atom is 0.309 e. The van der Waals surface area contributed by atoms with Gasteiger partial charge in [0.25, 0.3) is 0 Å². The normalized spacial score (nSPS) is 12.1. The quantitative estimate of drug-likeness (QED) is 0.642. The Bertz CT molecular complexity index is 933. The van der Waals surface area contributed by atoms with Gasteiger partial charge in [-0.2, -0.15) is 0 Å². The largest absolute Gasteiger partial charge is 0.459 e. The third kappa shape index (κ3) is 4.75. The molecule has 3 aromatic rings. The van der Waals surface area contributed by atoms with Crippen molar-refractivity contribution in [2.45, 2.75) is 12.6 Å². The molecule has 146 valence electrons. The molecular formula is C21H22FN3O3. The molecule has 0 spiro atoms. The van der Waals surface area contributed by atoms with Gasteiger partial charge in [-0.15, -0.1) is 0 Å². The number of hydrogen-bond acceptors (Lipinski definition) is 4. The van der Waals surface area contributed by atoms with Gasteiger partial charge in [-0.25, -0.2) is 4.39 Å². The van der Waals surface area contributed by atoms with Crippen LogP contribution >= 0.6 is 0 Å². The number of fused-ring (bicyclic) bond motifs is 1. The zero-order valence-corrected chi connectivity index (χ0v) is 15.7. The Kier molecular flexibility index (Phi) is 6.06. The van der Waals surface area contributed by atoms with Gasteiger partial charge >= 0.3 is 11.8 Å². The second-order valence-electron chi connectivity index (χ2n) is 6.69. The van der Waals surface area contributed by atoms with Gasteiger partial charge in [0, 0.05) is 18.5 Å². The Hall–Kier alpha value is -3.19. The van der Waals surface area contributed by atoms with Crippen LogP contribution in [0.2, 0.25) is 0 Å². The molecule has 0 radical (unpaired) electrons. The molecule has 0 fully saturated rings. The molecule has 3 rings (SSSR count). The Morgan fingerprint density at radius 1 is 1.04 bits per heavy atom. The molecule has 1 atom stereocenters. The number of furan rings is 1. The smallest absolute Gasteiger partial charge is 0.309 e. The number of likely N-dealkylation sites (N-methyl/N-ethyl adjacent to an activating group) is 1. The predicted octanol–water partition coefficient (Wildman–Crippen LogP) is 2.61. The van der Waals surface area contributed by atoms with Crippen LogP contribution in [0.1, 0.15) is 17.4 Å². The highest BCUT2D eigenvalue weighted by Gasteiger charge is 2.21. The number of carbonyl (C=O) groups is 2. The minimum Gasteiger partial charge on any atom is -0.459 e. The molecule has 6 nitrogen and oxygen atoms in total. The Morgan fingerprint density at radius 2 is 1.71 bits per heavy atom. The lowest BCUT2D eigenvalue weighted by molar-refractivity contribution is -0.139. The molecule has 7 heteroatoms. The van der Waals surface area contributed by atoms with E-state index in [1.165, 1.54) is 12.1 Å². The van der Waals surface area contributed by atoms with Gasteiger partial charge in [0.05, 0.1) is 6.04 Å². The molecule has 1 aromatic heterocycles. The molecule has 0 aliphatic rings. The summed E-state index contributed by atoms with van der Waals surface area (Å²) < 4.78 is 18.8. The van der Waals surface area contributed by atoms with E-state index >= 15 is 0 Å². The molecule has 2 N–H and O–H groups in total. The second kappa shape index (κ2) is 8.67. The Balaban J connectivity index is 1.57. The van der Waals surface area contributed by atoms with Crippen molar-refractivity contribution in [3.05, 3.63) is 71.7 Å². The zero-order chi connectivity index (χ0) is 20.1. The summed E-state index contributed by atoms with van der Waals surface area (Å²) in [6.07, 6.45) is 0. The van der Waals surface area contributed by atoms with Crippen molar-refractivity contribution in [2.75, 3.05) is 20.6 Å². The van der Waals surface area contributed by atoms with Gasteiger partial charge in [-0.1, -0.05) is 30.3 Å². The first kappa shape index (κ1) is 19.6. The molecule has 28 heavy (non-hydrogen) atoms. The van der Waals surface area contributed by atoms with Crippen LogP contribution < -0.4 is 10.6 Å². The minimum atomic E-state index is -0.744. The molecule has 0 saturated heterocycles. The van der Waals surface area contributed by atoms with E-state index in [0.717, 1.165) is 11.0 Å². The average molecular weight is 383 g/mol. The lowest BCUT2D eigenvalue weighted by Crippen LogP contribution is -2.42. The summed E-state index contributed by atoms with van der Waals surface area (Å²) >= 11 is 0. The van der Waals surface area contributed by atoms with E-state index in [1.807, 2.05) is 49.3 Å². The summed E-state index contributed by atoms with van der Waals surface area (Å²) in [6.45, 7) is 0.364. The van der Waals surface area contributed by atoms with Crippen molar-refractivity contribution in [1.29, 1.82) is 0 Å². The van der Waals surface area contributed by atoms with Gasteiger partial charge in [0.15, 0.2) is 0 Å². The van der Waals surface area contributed by atoms with Gasteiger partial charge in [0.1, 0.15) is 17.2 Å². The van der Waals surface area contributed by atoms with E-state index in [0.29, 0.717) is 11.3 Å². The maximum atomic E-state index is 12.9. The number of para-hydroxylation sites is 1. The van der Waals surface area contributed by atoms with Crippen molar-refractivity contribution >= 4 is 22.8 Å². The number of rotatable bonds is 6. The van der Waals surface area contributed by atoms with E-state index in [1.54, 1.807) is 12.1 Å². The molecule has 0 aliphatic carbocycles. The molecule has 0 aliphatic heterocycles. The molecule has 0 bridgehead atoms. The third-order valence-corrected chi connectivity index (χ3v) is 4.42. The highest BCUT2D eigenvalue weighted by Crippen LogP contribution is 2.25. The molecule has 2 aromatic carbocycles. The number of carbonyl (C=O) groups excluding carboxylic acids is 2. The van der Waals surface area contributed by atoms with E-state index in [9.17, 15) is 14.0 Å². The van der Waals surface area contributed by atoms with Crippen LogP contribution in [-0.2, 0) is 16.1 Å². The van der Waals surface area contributed by atoms with Crippen molar-refractivity contribution in [3.63, 3.8) is 0 Å². The first-order chi connectivity index (χ1) is 13.4. The Labute approximate surface area is 162 Å². The minimum absolute atomic E-state index is 0.146. The Morgan fingerprint density at radius 3 is 2.39 bits per heavy atom. The van der Waals surface area contributed by atoms with Gasteiger partial charge in [0.2, 0.25) is 0 Å². The van der Waals surface area contributed by atoms with Crippen LogP contribution in [0.5, 0.6) is 0 Å². The molecule has 1 heterocycles. The summed E-state index contributed by atoms with van der Waals surface area (Å²) in [5.74, 6) is -1.12. The lowest BCUT2D eigenvalue weighted by atomic mass is 10.2.